The molecule has 2 heterocycles. The molecule has 3 aromatic rings. The third-order valence-electron chi connectivity index (χ3n) is 4.95. The van der Waals surface area contributed by atoms with E-state index >= 15 is 0 Å². The van der Waals surface area contributed by atoms with E-state index in [1.807, 2.05) is 11.0 Å². The lowest BCUT2D eigenvalue weighted by atomic mass is 10.1. The highest BCUT2D eigenvalue weighted by molar-refractivity contribution is 6.04. The zero-order chi connectivity index (χ0) is 18.8. The lowest BCUT2D eigenvalue weighted by molar-refractivity contribution is 0.0718. The molecule has 4 rings (SSSR count). The van der Waals surface area contributed by atoms with Crippen molar-refractivity contribution in [3.63, 3.8) is 0 Å². The number of nitrogens with zero attached hydrogens (tertiary/aromatic N) is 3. The normalized spacial score (nSPS) is 14.3. The highest BCUT2D eigenvalue weighted by Crippen LogP contribution is 2.20. The SMILES string of the molecule is COc1cccc(-n2nc(C(=O)N3CCCCC3)c3ccccc3c2=O)c1. The molecule has 1 aromatic heterocycles. The number of methoxy groups -OCH3 is 1. The number of carbonyl (C=O) groups is 1. The predicted molar refractivity (Wildman–Crippen MR) is 104 cm³/mol. The number of amides is 1. The van der Waals surface area contributed by atoms with Crippen LogP contribution >= 0.6 is 0 Å². The Kier molecular flexibility index (Phi) is 4.62. The van der Waals surface area contributed by atoms with Crippen LogP contribution < -0.4 is 10.3 Å². The van der Waals surface area contributed by atoms with Crippen molar-refractivity contribution >= 4 is 16.7 Å². The van der Waals surface area contributed by atoms with Crippen molar-refractivity contribution in [3.8, 4) is 11.4 Å². The molecule has 0 N–H and O–H groups in total. The van der Waals surface area contributed by atoms with Gasteiger partial charge in [-0.25, -0.2) is 0 Å². The molecule has 0 saturated carbocycles. The van der Waals surface area contributed by atoms with Gasteiger partial charge >= 0.3 is 0 Å². The molecule has 0 bridgehead atoms. The molecule has 0 aliphatic carbocycles. The summed E-state index contributed by atoms with van der Waals surface area (Å²) < 4.78 is 6.55. The number of ether oxygens (including phenoxy) is 1. The van der Waals surface area contributed by atoms with Crippen molar-refractivity contribution in [2.45, 2.75) is 19.3 Å². The lowest BCUT2D eigenvalue weighted by Gasteiger charge is -2.26. The molecule has 6 nitrogen and oxygen atoms in total. The van der Waals surface area contributed by atoms with Gasteiger partial charge in [-0.05, 0) is 37.5 Å². The number of rotatable bonds is 3. The van der Waals surface area contributed by atoms with Crippen LogP contribution in [0.15, 0.2) is 53.3 Å². The second-order valence-corrected chi connectivity index (χ2v) is 6.67. The zero-order valence-corrected chi connectivity index (χ0v) is 15.2. The van der Waals surface area contributed by atoms with Gasteiger partial charge in [-0.2, -0.15) is 9.78 Å². The first-order valence-electron chi connectivity index (χ1n) is 9.15. The van der Waals surface area contributed by atoms with Gasteiger partial charge in [0.15, 0.2) is 5.69 Å². The van der Waals surface area contributed by atoms with Crippen LogP contribution in [-0.4, -0.2) is 40.8 Å². The Hall–Kier alpha value is -3.15. The van der Waals surface area contributed by atoms with Crippen LogP contribution in [-0.2, 0) is 0 Å². The number of carbonyl (C=O) groups excluding carboxylic acids is 1. The Bertz CT molecular complexity index is 1050. The minimum atomic E-state index is -0.256. The van der Waals surface area contributed by atoms with E-state index in [4.69, 9.17) is 4.74 Å². The summed E-state index contributed by atoms with van der Waals surface area (Å²) >= 11 is 0. The molecule has 1 fully saturated rings. The number of piperidine rings is 1. The molecule has 0 atom stereocenters. The van der Waals surface area contributed by atoms with E-state index in [9.17, 15) is 9.59 Å². The highest BCUT2D eigenvalue weighted by Gasteiger charge is 2.23. The molecule has 0 unspecified atom stereocenters. The minimum Gasteiger partial charge on any atom is -0.497 e. The average Bonchev–Trinajstić information content (AvgIpc) is 2.74. The summed E-state index contributed by atoms with van der Waals surface area (Å²) in [6, 6.07) is 14.3. The van der Waals surface area contributed by atoms with Gasteiger partial charge in [0.2, 0.25) is 0 Å². The molecule has 0 spiro atoms. The fourth-order valence-electron chi connectivity index (χ4n) is 3.51. The van der Waals surface area contributed by atoms with Gasteiger partial charge in [-0.1, -0.05) is 24.3 Å². The summed E-state index contributed by atoms with van der Waals surface area (Å²) in [5.74, 6) is 0.501. The van der Waals surface area contributed by atoms with E-state index in [-0.39, 0.29) is 11.5 Å². The molecule has 0 radical (unpaired) electrons. The van der Waals surface area contributed by atoms with Crippen LogP contribution in [0.25, 0.3) is 16.5 Å². The Morgan fingerprint density at radius 2 is 1.74 bits per heavy atom. The van der Waals surface area contributed by atoms with Gasteiger partial charge in [-0.15, -0.1) is 0 Å². The summed E-state index contributed by atoms with van der Waals surface area (Å²) in [5, 5.41) is 5.56. The number of fused-ring (bicyclic) bond motifs is 1. The molecule has 1 saturated heterocycles. The van der Waals surface area contributed by atoms with Gasteiger partial charge in [-0.3, -0.25) is 9.59 Å². The van der Waals surface area contributed by atoms with E-state index in [1.165, 1.54) is 4.68 Å². The van der Waals surface area contributed by atoms with E-state index in [0.29, 0.717) is 27.9 Å². The van der Waals surface area contributed by atoms with Gasteiger partial charge in [0.1, 0.15) is 5.75 Å². The summed E-state index contributed by atoms with van der Waals surface area (Å²) in [4.78, 5) is 28.0. The van der Waals surface area contributed by atoms with Crippen molar-refractivity contribution in [2.24, 2.45) is 0 Å². The molecular weight excluding hydrogens is 342 g/mol. The lowest BCUT2D eigenvalue weighted by Crippen LogP contribution is -2.37. The third-order valence-corrected chi connectivity index (χ3v) is 4.95. The minimum absolute atomic E-state index is 0.123. The summed E-state index contributed by atoms with van der Waals surface area (Å²) in [6.07, 6.45) is 3.14. The van der Waals surface area contributed by atoms with Crippen LogP contribution in [0.1, 0.15) is 29.8 Å². The number of hydrogen-bond donors (Lipinski definition) is 0. The monoisotopic (exact) mass is 363 g/mol. The fraction of sp³-hybridized carbons (Fsp3) is 0.286. The highest BCUT2D eigenvalue weighted by atomic mass is 16.5. The van der Waals surface area contributed by atoms with Crippen molar-refractivity contribution in [1.29, 1.82) is 0 Å². The number of aromatic nitrogens is 2. The van der Waals surface area contributed by atoms with Crippen molar-refractivity contribution < 1.29 is 9.53 Å². The zero-order valence-electron chi connectivity index (χ0n) is 15.2. The molecule has 1 aliphatic heterocycles. The average molecular weight is 363 g/mol. The summed E-state index contributed by atoms with van der Waals surface area (Å²) in [6.45, 7) is 1.46. The molecule has 138 valence electrons. The Labute approximate surface area is 157 Å². The molecule has 1 aliphatic rings. The molecule has 27 heavy (non-hydrogen) atoms. The van der Waals surface area contributed by atoms with Gasteiger partial charge in [0.05, 0.1) is 18.2 Å². The first-order chi connectivity index (χ1) is 13.2. The first-order valence-corrected chi connectivity index (χ1v) is 9.15. The number of likely N-dealkylation sites (tertiary alicyclic amines) is 1. The van der Waals surface area contributed by atoms with Crippen molar-refractivity contribution in [2.75, 3.05) is 20.2 Å². The maximum absolute atomic E-state index is 13.2. The Morgan fingerprint density at radius 3 is 2.48 bits per heavy atom. The quantitative estimate of drug-likeness (QED) is 0.718. The topological polar surface area (TPSA) is 64.4 Å². The van der Waals surface area contributed by atoms with E-state index < -0.39 is 0 Å². The van der Waals surface area contributed by atoms with Crippen LogP contribution in [0, 0.1) is 0 Å². The third kappa shape index (κ3) is 3.18. The van der Waals surface area contributed by atoms with Crippen LogP contribution in [0.5, 0.6) is 5.75 Å². The standard InChI is InChI=1S/C21H21N3O3/c1-27-16-9-7-8-15(14-16)24-20(25)18-11-4-3-10-17(18)19(22-24)21(26)23-12-5-2-6-13-23/h3-4,7-11,14H,2,5-6,12-13H2,1H3. The largest absolute Gasteiger partial charge is 0.497 e. The first kappa shape index (κ1) is 17.3. The Morgan fingerprint density at radius 1 is 1.00 bits per heavy atom. The number of hydrogen-bond acceptors (Lipinski definition) is 4. The van der Waals surface area contributed by atoms with Crippen molar-refractivity contribution in [1.82, 2.24) is 14.7 Å². The van der Waals surface area contributed by atoms with Crippen LogP contribution in [0.4, 0.5) is 0 Å². The summed E-state index contributed by atoms with van der Waals surface area (Å²) in [7, 11) is 1.57. The number of benzene rings is 2. The van der Waals surface area contributed by atoms with Gasteiger partial charge in [0.25, 0.3) is 11.5 Å². The van der Waals surface area contributed by atoms with Crippen molar-refractivity contribution in [3.05, 3.63) is 64.6 Å². The fourth-order valence-corrected chi connectivity index (χ4v) is 3.51. The second kappa shape index (κ2) is 7.23. The van der Waals surface area contributed by atoms with E-state index in [1.54, 1.807) is 49.6 Å². The maximum atomic E-state index is 13.2. The molecular formula is C21H21N3O3. The van der Waals surface area contributed by atoms with Crippen LogP contribution in [0.3, 0.4) is 0 Å². The second-order valence-electron chi connectivity index (χ2n) is 6.67. The van der Waals surface area contributed by atoms with E-state index in [2.05, 4.69) is 5.10 Å². The Balaban J connectivity index is 1.91. The van der Waals surface area contributed by atoms with Gasteiger partial charge in [0, 0.05) is 24.5 Å². The summed E-state index contributed by atoms with van der Waals surface area (Å²) in [5.41, 5.74) is 0.627. The molecule has 1 amide bonds. The van der Waals surface area contributed by atoms with Gasteiger partial charge < -0.3 is 9.64 Å². The predicted octanol–water partition coefficient (Wildman–Crippen LogP) is 3.02. The van der Waals surface area contributed by atoms with Crippen LogP contribution in [0.2, 0.25) is 0 Å². The molecule has 6 heteroatoms. The smallest absolute Gasteiger partial charge is 0.279 e. The maximum Gasteiger partial charge on any atom is 0.279 e. The van der Waals surface area contributed by atoms with E-state index in [0.717, 1.165) is 32.4 Å². The molecule has 2 aromatic carbocycles.